The Morgan fingerprint density at radius 3 is 2.81 bits per heavy atom. The largest absolute Gasteiger partial charge is 0.416 e. The van der Waals surface area contributed by atoms with E-state index in [2.05, 4.69) is 20.6 Å². The molecule has 11 heteroatoms. The first-order valence-electron chi connectivity index (χ1n) is 9.82. The summed E-state index contributed by atoms with van der Waals surface area (Å²) in [5.74, 6) is -0.767. The van der Waals surface area contributed by atoms with Gasteiger partial charge in [0.05, 0.1) is 30.5 Å². The average molecular weight is 449 g/mol. The second kappa shape index (κ2) is 8.65. The zero-order valence-corrected chi connectivity index (χ0v) is 17.0. The SMILES string of the molecule is CC(=O)NC1COCCc2c1nnn2-c1cc(Cc2cc(F)cc(C(F)(F)F)c2)ccn1. The Morgan fingerprint density at radius 1 is 1.25 bits per heavy atom. The highest BCUT2D eigenvalue weighted by molar-refractivity contribution is 5.73. The van der Waals surface area contributed by atoms with Gasteiger partial charge in [0.25, 0.3) is 0 Å². The minimum absolute atomic E-state index is 0.0743. The Morgan fingerprint density at radius 2 is 2.06 bits per heavy atom. The molecule has 2 aromatic heterocycles. The van der Waals surface area contributed by atoms with Gasteiger partial charge < -0.3 is 10.1 Å². The van der Waals surface area contributed by atoms with Crippen molar-refractivity contribution in [1.29, 1.82) is 0 Å². The third kappa shape index (κ3) is 4.77. The number of halogens is 4. The molecule has 3 aromatic rings. The molecule has 4 rings (SSSR count). The van der Waals surface area contributed by atoms with Crippen molar-refractivity contribution in [3.8, 4) is 5.82 Å². The number of carbonyl (C=O) groups excluding carboxylic acids is 1. The maximum Gasteiger partial charge on any atom is 0.416 e. The highest BCUT2D eigenvalue weighted by atomic mass is 19.4. The van der Waals surface area contributed by atoms with Crippen molar-refractivity contribution >= 4 is 5.91 Å². The van der Waals surface area contributed by atoms with Crippen LogP contribution < -0.4 is 5.32 Å². The summed E-state index contributed by atoms with van der Waals surface area (Å²) in [5, 5.41) is 11.1. The fourth-order valence-electron chi connectivity index (χ4n) is 3.64. The molecule has 1 aliphatic rings. The van der Waals surface area contributed by atoms with Crippen molar-refractivity contribution in [2.45, 2.75) is 32.0 Å². The molecule has 32 heavy (non-hydrogen) atoms. The van der Waals surface area contributed by atoms with E-state index in [1.807, 2.05) is 0 Å². The highest BCUT2D eigenvalue weighted by Gasteiger charge is 2.31. The summed E-state index contributed by atoms with van der Waals surface area (Å²) < 4.78 is 59.8. The monoisotopic (exact) mass is 449 g/mol. The van der Waals surface area contributed by atoms with E-state index >= 15 is 0 Å². The minimum atomic E-state index is -4.63. The van der Waals surface area contributed by atoms with E-state index in [1.54, 1.807) is 12.1 Å². The number of pyridine rings is 1. The number of rotatable bonds is 4. The van der Waals surface area contributed by atoms with E-state index in [0.29, 0.717) is 36.2 Å². The molecule has 0 bridgehead atoms. The van der Waals surface area contributed by atoms with Gasteiger partial charge in [0.2, 0.25) is 5.91 Å². The van der Waals surface area contributed by atoms with Crippen LogP contribution in [0.15, 0.2) is 36.5 Å². The van der Waals surface area contributed by atoms with Crippen LogP contribution in [0.3, 0.4) is 0 Å². The first kappa shape index (κ1) is 21.9. The summed E-state index contributed by atoms with van der Waals surface area (Å²) in [6.45, 7) is 2.07. The molecule has 3 heterocycles. The fourth-order valence-corrected chi connectivity index (χ4v) is 3.64. The van der Waals surface area contributed by atoms with E-state index in [9.17, 15) is 22.4 Å². The number of fused-ring (bicyclic) bond motifs is 1. The summed E-state index contributed by atoms with van der Waals surface area (Å²) in [6.07, 6.45) is -2.57. The summed E-state index contributed by atoms with van der Waals surface area (Å²) in [5.41, 5.74) is 1.07. The van der Waals surface area contributed by atoms with Gasteiger partial charge in [-0.2, -0.15) is 17.9 Å². The molecule has 168 valence electrons. The van der Waals surface area contributed by atoms with Gasteiger partial charge >= 0.3 is 6.18 Å². The second-order valence-corrected chi connectivity index (χ2v) is 7.46. The second-order valence-electron chi connectivity index (χ2n) is 7.46. The molecule has 0 saturated heterocycles. The molecule has 1 N–H and O–H groups in total. The summed E-state index contributed by atoms with van der Waals surface area (Å²) in [4.78, 5) is 15.8. The lowest BCUT2D eigenvalue weighted by atomic mass is 10.0. The van der Waals surface area contributed by atoms with Gasteiger partial charge in [-0.3, -0.25) is 4.79 Å². The zero-order valence-electron chi connectivity index (χ0n) is 17.0. The molecule has 0 saturated carbocycles. The molecule has 1 atom stereocenters. The van der Waals surface area contributed by atoms with Gasteiger partial charge in [0.15, 0.2) is 5.82 Å². The van der Waals surface area contributed by atoms with Crippen LogP contribution in [0, 0.1) is 5.82 Å². The number of benzene rings is 1. The molecular formula is C21H19F4N5O2. The van der Waals surface area contributed by atoms with Gasteiger partial charge in [-0.15, -0.1) is 5.10 Å². The number of nitrogens with one attached hydrogen (secondary N) is 1. The lowest BCUT2D eigenvalue weighted by Gasteiger charge is -2.13. The first-order valence-corrected chi connectivity index (χ1v) is 9.82. The van der Waals surface area contributed by atoms with Crippen molar-refractivity contribution < 1.29 is 27.1 Å². The summed E-state index contributed by atoms with van der Waals surface area (Å²) in [6, 6.07) is 5.33. The van der Waals surface area contributed by atoms with Gasteiger partial charge in [-0.25, -0.2) is 9.37 Å². The van der Waals surface area contributed by atoms with Crippen LogP contribution in [0.25, 0.3) is 5.82 Å². The Labute approximate surface area is 180 Å². The first-order chi connectivity index (χ1) is 15.2. The fraction of sp³-hybridized carbons (Fsp3) is 0.333. The third-order valence-electron chi connectivity index (χ3n) is 4.99. The Balaban J connectivity index is 1.64. The van der Waals surface area contributed by atoms with Crippen molar-refractivity contribution in [3.05, 3.63) is 70.4 Å². The van der Waals surface area contributed by atoms with E-state index in [1.165, 1.54) is 17.8 Å². The van der Waals surface area contributed by atoms with E-state index in [4.69, 9.17) is 4.74 Å². The number of nitrogens with zero attached hydrogens (tertiary/aromatic N) is 4. The number of amides is 1. The molecular weight excluding hydrogens is 430 g/mol. The molecule has 1 unspecified atom stereocenters. The standard InChI is InChI=1S/C21H19F4N5O2/c1-12(31)27-17-11-32-5-3-18-20(17)28-29-30(18)19-9-13(2-4-26-19)6-14-7-15(21(23,24)25)10-16(22)8-14/h2,4,7-10,17H,3,5-6,11H2,1H3,(H,27,31). The number of alkyl halides is 3. The number of hydrogen-bond acceptors (Lipinski definition) is 5. The molecule has 1 aliphatic heterocycles. The third-order valence-corrected chi connectivity index (χ3v) is 4.99. The number of aromatic nitrogens is 4. The van der Waals surface area contributed by atoms with Crippen LogP contribution in [0.5, 0.6) is 0 Å². The van der Waals surface area contributed by atoms with Crippen molar-refractivity contribution in [3.63, 3.8) is 0 Å². The van der Waals surface area contributed by atoms with Crippen molar-refractivity contribution in [2.75, 3.05) is 13.2 Å². The van der Waals surface area contributed by atoms with Crippen LogP contribution in [0.4, 0.5) is 17.6 Å². The average Bonchev–Trinajstić information content (AvgIpc) is 3.03. The predicted molar refractivity (Wildman–Crippen MR) is 104 cm³/mol. The molecule has 7 nitrogen and oxygen atoms in total. The van der Waals surface area contributed by atoms with Gasteiger partial charge in [0, 0.05) is 19.5 Å². The topological polar surface area (TPSA) is 81.9 Å². The summed E-state index contributed by atoms with van der Waals surface area (Å²) >= 11 is 0. The van der Waals surface area contributed by atoms with Gasteiger partial charge in [-0.05, 0) is 47.9 Å². The molecule has 1 amide bonds. The van der Waals surface area contributed by atoms with E-state index in [0.717, 1.165) is 17.8 Å². The van der Waals surface area contributed by atoms with Crippen molar-refractivity contribution in [1.82, 2.24) is 25.3 Å². The Kier molecular flexibility index (Phi) is 5.92. The molecule has 1 aromatic carbocycles. The molecule has 0 fully saturated rings. The highest BCUT2D eigenvalue weighted by Crippen LogP contribution is 2.31. The normalized spacial score (nSPS) is 16.3. The molecule has 0 aliphatic carbocycles. The minimum Gasteiger partial charge on any atom is -0.378 e. The van der Waals surface area contributed by atoms with E-state index in [-0.39, 0.29) is 24.5 Å². The van der Waals surface area contributed by atoms with Gasteiger partial charge in [0.1, 0.15) is 11.5 Å². The van der Waals surface area contributed by atoms with E-state index < -0.39 is 23.6 Å². The van der Waals surface area contributed by atoms with Crippen LogP contribution >= 0.6 is 0 Å². The Hall–Kier alpha value is -3.34. The van der Waals surface area contributed by atoms with Crippen LogP contribution in [0.1, 0.15) is 41.0 Å². The van der Waals surface area contributed by atoms with Crippen LogP contribution in [-0.2, 0) is 28.5 Å². The quantitative estimate of drug-likeness (QED) is 0.619. The molecule has 0 radical (unpaired) electrons. The van der Waals surface area contributed by atoms with Crippen LogP contribution in [-0.4, -0.2) is 39.1 Å². The van der Waals surface area contributed by atoms with Crippen LogP contribution in [0.2, 0.25) is 0 Å². The lowest BCUT2D eigenvalue weighted by molar-refractivity contribution is -0.137. The molecule has 0 spiro atoms. The van der Waals surface area contributed by atoms with Crippen molar-refractivity contribution in [2.24, 2.45) is 0 Å². The zero-order chi connectivity index (χ0) is 22.9. The smallest absolute Gasteiger partial charge is 0.378 e. The number of hydrogen-bond donors (Lipinski definition) is 1. The number of carbonyl (C=O) groups is 1. The van der Waals surface area contributed by atoms with Gasteiger partial charge in [-0.1, -0.05) is 5.21 Å². The maximum absolute atomic E-state index is 13.7. The lowest BCUT2D eigenvalue weighted by Crippen LogP contribution is -2.29. The summed E-state index contributed by atoms with van der Waals surface area (Å²) in [7, 11) is 0. The maximum atomic E-state index is 13.7. The Bertz CT molecular complexity index is 1150. The predicted octanol–water partition coefficient (Wildman–Crippen LogP) is 3.16. The number of ether oxygens (including phenoxy) is 1.